The van der Waals surface area contributed by atoms with E-state index in [1.807, 2.05) is 29.6 Å². The third-order valence-corrected chi connectivity index (χ3v) is 5.25. The lowest BCUT2D eigenvalue weighted by Crippen LogP contribution is -2.27. The summed E-state index contributed by atoms with van der Waals surface area (Å²) in [6.45, 7) is 6.97. The van der Waals surface area contributed by atoms with E-state index >= 15 is 0 Å². The summed E-state index contributed by atoms with van der Waals surface area (Å²) in [4.78, 5) is 13.9. The lowest BCUT2D eigenvalue weighted by atomic mass is 10.1. The van der Waals surface area contributed by atoms with Gasteiger partial charge in [-0.15, -0.1) is 11.3 Å². The Labute approximate surface area is 158 Å². The van der Waals surface area contributed by atoms with Crippen molar-refractivity contribution in [2.24, 2.45) is 0 Å². The highest BCUT2D eigenvalue weighted by Crippen LogP contribution is 2.27. The molecule has 0 bridgehead atoms. The molecule has 1 amide bonds. The summed E-state index contributed by atoms with van der Waals surface area (Å²) in [6, 6.07) is 12.1. The van der Waals surface area contributed by atoms with Crippen LogP contribution >= 0.6 is 11.3 Å². The maximum atomic E-state index is 12.8. The number of rotatable bonds is 7. The van der Waals surface area contributed by atoms with Crippen molar-refractivity contribution in [3.05, 3.63) is 58.6 Å². The monoisotopic (exact) mass is 367 g/mol. The smallest absolute Gasteiger partial charge is 0.270 e. The van der Waals surface area contributed by atoms with Crippen molar-refractivity contribution in [2.75, 3.05) is 6.54 Å². The van der Waals surface area contributed by atoms with E-state index < -0.39 is 0 Å². The number of carbonyl (C=O) groups is 1. The molecule has 0 aliphatic heterocycles. The first-order valence-electron chi connectivity index (χ1n) is 9.10. The van der Waals surface area contributed by atoms with Gasteiger partial charge in [-0.25, -0.2) is 4.68 Å². The Bertz CT molecular complexity index is 881. The van der Waals surface area contributed by atoms with Gasteiger partial charge in [0.25, 0.3) is 5.91 Å². The van der Waals surface area contributed by atoms with Gasteiger partial charge in [0, 0.05) is 6.54 Å². The zero-order valence-corrected chi connectivity index (χ0v) is 16.4. The van der Waals surface area contributed by atoms with Crippen LogP contribution in [0.25, 0.3) is 16.3 Å². The van der Waals surface area contributed by atoms with Gasteiger partial charge in [-0.2, -0.15) is 5.10 Å². The quantitative estimate of drug-likeness (QED) is 0.588. The van der Waals surface area contributed by atoms with Crippen LogP contribution in [0.5, 0.6) is 0 Å². The molecule has 5 heteroatoms. The first-order valence-corrected chi connectivity index (χ1v) is 9.98. The molecule has 3 aromatic rings. The summed E-state index contributed by atoms with van der Waals surface area (Å²) < 4.78 is 1.78. The molecule has 2 aromatic heterocycles. The summed E-state index contributed by atoms with van der Waals surface area (Å²) in [6.07, 6.45) is 3.26. The van der Waals surface area contributed by atoms with Crippen LogP contribution in [-0.4, -0.2) is 22.2 Å². The number of nitrogens with one attached hydrogen (secondary N) is 1. The molecule has 3 rings (SSSR count). The first-order chi connectivity index (χ1) is 12.6. The molecule has 0 aliphatic carbocycles. The van der Waals surface area contributed by atoms with Crippen LogP contribution in [0.2, 0.25) is 0 Å². The summed E-state index contributed by atoms with van der Waals surface area (Å²) >= 11 is 1.63. The average Bonchev–Trinajstić information content (AvgIpc) is 3.28. The predicted molar refractivity (Wildman–Crippen MR) is 108 cm³/mol. The fourth-order valence-electron chi connectivity index (χ4n) is 2.98. The molecule has 0 spiro atoms. The molecule has 1 aromatic carbocycles. The minimum atomic E-state index is -0.0728. The fourth-order valence-corrected chi connectivity index (χ4v) is 3.66. The van der Waals surface area contributed by atoms with E-state index in [1.165, 1.54) is 5.56 Å². The van der Waals surface area contributed by atoms with E-state index in [0.29, 0.717) is 12.2 Å². The lowest BCUT2D eigenvalue weighted by molar-refractivity contribution is 0.0945. The number of benzene rings is 1. The van der Waals surface area contributed by atoms with Crippen molar-refractivity contribution in [3.63, 3.8) is 0 Å². The zero-order chi connectivity index (χ0) is 18.5. The number of thiophene rings is 1. The lowest BCUT2D eigenvalue weighted by Gasteiger charge is -2.11. The van der Waals surface area contributed by atoms with Gasteiger partial charge in [0.05, 0.1) is 10.6 Å². The fraction of sp³-hybridized carbons (Fsp3) is 0.333. The minimum Gasteiger partial charge on any atom is -0.351 e. The van der Waals surface area contributed by atoms with Gasteiger partial charge in [-0.05, 0) is 49.4 Å². The molecule has 0 saturated carbocycles. The second kappa shape index (κ2) is 8.32. The highest BCUT2D eigenvalue weighted by molar-refractivity contribution is 7.13. The van der Waals surface area contributed by atoms with E-state index in [4.69, 9.17) is 5.10 Å². The van der Waals surface area contributed by atoms with Crippen molar-refractivity contribution in [2.45, 2.75) is 40.0 Å². The van der Waals surface area contributed by atoms with Crippen molar-refractivity contribution in [3.8, 4) is 16.3 Å². The third-order valence-electron chi connectivity index (χ3n) is 4.36. The van der Waals surface area contributed by atoms with Crippen LogP contribution in [0, 0.1) is 13.8 Å². The second-order valence-corrected chi connectivity index (χ2v) is 7.50. The van der Waals surface area contributed by atoms with Crippen molar-refractivity contribution < 1.29 is 4.79 Å². The van der Waals surface area contributed by atoms with Gasteiger partial charge in [0.15, 0.2) is 0 Å². The van der Waals surface area contributed by atoms with E-state index in [2.05, 4.69) is 38.2 Å². The van der Waals surface area contributed by atoms with Gasteiger partial charge < -0.3 is 5.32 Å². The normalized spacial score (nSPS) is 10.9. The van der Waals surface area contributed by atoms with Gasteiger partial charge in [-0.1, -0.05) is 43.5 Å². The van der Waals surface area contributed by atoms with Crippen LogP contribution in [-0.2, 0) is 0 Å². The molecule has 0 radical (unpaired) electrons. The Kier molecular flexibility index (Phi) is 5.89. The summed E-state index contributed by atoms with van der Waals surface area (Å²) in [5.74, 6) is -0.0728. The summed E-state index contributed by atoms with van der Waals surface area (Å²) in [5, 5.41) is 9.81. The van der Waals surface area contributed by atoms with Crippen LogP contribution in [0.3, 0.4) is 0 Å². The molecule has 0 atom stereocenters. The molecular formula is C21H25N3OS. The average molecular weight is 368 g/mol. The van der Waals surface area contributed by atoms with Gasteiger partial charge in [0.2, 0.25) is 0 Å². The SMILES string of the molecule is CCCCCNC(=O)c1cc(-c2cccs2)nn1-c1ccc(C)cc1C. The Morgan fingerprint density at radius 1 is 1.19 bits per heavy atom. The molecular weight excluding hydrogens is 342 g/mol. The number of nitrogens with zero attached hydrogens (tertiary/aromatic N) is 2. The first kappa shape index (κ1) is 18.4. The second-order valence-electron chi connectivity index (χ2n) is 6.56. The molecule has 4 nitrogen and oxygen atoms in total. The molecule has 2 heterocycles. The number of hydrogen-bond donors (Lipinski definition) is 1. The number of carbonyl (C=O) groups excluding carboxylic acids is 1. The maximum Gasteiger partial charge on any atom is 0.270 e. The highest BCUT2D eigenvalue weighted by Gasteiger charge is 2.18. The summed E-state index contributed by atoms with van der Waals surface area (Å²) in [5.41, 5.74) is 4.65. The van der Waals surface area contributed by atoms with E-state index in [0.717, 1.165) is 41.1 Å². The van der Waals surface area contributed by atoms with Crippen molar-refractivity contribution >= 4 is 17.2 Å². The van der Waals surface area contributed by atoms with Crippen molar-refractivity contribution in [1.29, 1.82) is 0 Å². The highest BCUT2D eigenvalue weighted by atomic mass is 32.1. The number of aryl methyl sites for hydroxylation is 2. The van der Waals surface area contributed by atoms with Gasteiger partial charge in [0.1, 0.15) is 11.4 Å². The van der Waals surface area contributed by atoms with Crippen LogP contribution in [0.1, 0.15) is 47.8 Å². The van der Waals surface area contributed by atoms with E-state index in [-0.39, 0.29) is 5.91 Å². The number of aromatic nitrogens is 2. The zero-order valence-electron chi connectivity index (χ0n) is 15.6. The van der Waals surface area contributed by atoms with Crippen LogP contribution < -0.4 is 5.32 Å². The summed E-state index contributed by atoms with van der Waals surface area (Å²) in [7, 11) is 0. The minimum absolute atomic E-state index is 0.0728. The number of hydrogen-bond acceptors (Lipinski definition) is 3. The molecule has 0 fully saturated rings. The largest absolute Gasteiger partial charge is 0.351 e. The van der Waals surface area contributed by atoms with E-state index in [1.54, 1.807) is 16.0 Å². The molecule has 0 saturated heterocycles. The Morgan fingerprint density at radius 3 is 2.73 bits per heavy atom. The van der Waals surface area contributed by atoms with Crippen LogP contribution in [0.4, 0.5) is 0 Å². The predicted octanol–water partition coefficient (Wildman–Crippen LogP) is 5.14. The van der Waals surface area contributed by atoms with Crippen molar-refractivity contribution in [1.82, 2.24) is 15.1 Å². The maximum absolute atomic E-state index is 12.8. The Hall–Kier alpha value is -2.40. The Balaban J connectivity index is 1.97. The van der Waals surface area contributed by atoms with Gasteiger partial charge in [-0.3, -0.25) is 4.79 Å². The molecule has 136 valence electrons. The molecule has 0 aliphatic rings. The topological polar surface area (TPSA) is 46.9 Å². The number of amides is 1. The molecule has 26 heavy (non-hydrogen) atoms. The third kappa shape index (κ3) is 4.05. The number of unbranched alkanes of at least 4 members (excludes halogenated alkanes) is 2. The standard InChI is InChI=1S/C21H25N3OS/c1-4-5-6-11-22-21(25)19-14-17(20-8-7-12-26-20)23-24(19)18-10-9-15(2)13-16(18)3/h7-10,12-14H,4-6,11H2,1-3H3,(H,22,25). The van der Waals surface area contributed by atoms with Crippen LogP contribution in [0.15, 0.2) is 41.8 Å². The Morgan fingerprint density at radius 2 is 2.04 bits per heavy atom. The molecule has 0 unspecified atom stereocenters. The van der Waals surface area contributed by atoms with Gasteiger partial charge >= 0.3 is 0 Å². The molecule has 1 N–H and O–H groups in total. The van der Waals surface area contributed by atoms with E-state index in [9.17, 15) is 4.79 Å².